The Morgan fingerprint density at radius 2 is 2.25 bits per heavy atom. The van der Waals surface area contributed by atoms with Crippen LogP contribution >= 0.6 is 23.8 Å². The first kappa shape index (κ1) is 15.7. The van der Waals surface area contributed by atoms with Crippen LogP contribution in [0.4, 0.5) is 0 Å². The van der Waals surface area contributed by atoms with E-state index in [4.69, 9.17) is 29.6 Å². The van der Waals surface area contributed by atoms with Crippen LogP contribution in [0.5, 0.6) is 0 Å². The lowest BCUT2D eigenvalue weighted by molar-refractivity contribution is 0.112. The first-order chi connectivity index (χ1) is 9.61. The number of thiocarbonyl (C=S) groups is 1. The van der Waals surface area contributed by atoms with Crippen molar-refractivity contribution >= 4 is 28.8 Å². The van der Waals surface area contributed by atoms with Crippen LogP contribution in [0.2, 0.25) is 5.02 Å². The Balaban J connectivity index is 2.09. The van der Waals surface area contributed by atoms with Crippen molar-refractivity contribution in [1.82, 2.24) is 4.90 Å². The van der Waals surface area contributed by atoms with Gasteiger partial charge in [0.2, 0.25) is 0 Å². The molecule has 0 saturated carbocycles. The highest BCUT2D eigenvalue weighted by Crippen LogP contribution is 2.25. The average molecular weight is 313 g/mol. The molecule has 2 rings (SSSR count). The minimum Gasteiger partial charge on any atom is -0.396 e. The summed E-state index contributed by atoms with van der Waals surface area (Å²) in [4.78, 5) is 2.79. The standard InChI is InChI=1S/C15H21ClN2OS/c16-14-9-11(15(17)20)4-5-12(14)10-18-7-2-1-3-13(18)6-8-19/h4-5,9,13,19H,1-3,6-8,10H2,(H2,17,20). The molecule has 0 spiro atoms. The number of hydrogen-bond acceptors (Lipinski definition) is 3. The zero-order valence-corrected chi connectivity index (χ0v) is 13.1. The van der Waals surface area contributed by atoms with E-state index in [1.165, 1.54) is 12.8 Å². The van der Waals surface area contributed by atoms with Crippen LogP contribution < -0.4 is 5.73 Å². The molecular formula is C15H21ClN2OS. The number of nitrogens with zero attached hydrogens (tertiary/aromatic N) is 1. The van der Waals surface area contributed by atoms with Crippen LogP contribution in [0, 0.1) is 0 Å². The van der Waals surface area contributed by atoms with Gasteiger partial charge < -0.3 is 10.8 Å². The monoisotopic (exact) mass is 312 g/mol. The van der Waals surface area contributed by atoms with Gasteiger partial charge in [-0.15, -0.1) is 0 Å². The minimum atomic E-state index is 0.245. The molecule has 1 unspecified atom stereocenters. The van der Waals surface area contributed by atoms with Crippen molar-refractivity contribution in [1.29, 1.82) is 0 Å². The highest BCUT2D eigenvalue weighted by atomic mass is 35.5. The third kappa shape index (κ3) is 3.92. The Hall–Kier alpha value is -0.680. The average Bonchev–Trinajstić information content (AvgIpc) is 2.43. The Labute approximate surface area is 130 Å². The van der Waals surface area contributed by atoms with E-state index in [-0.39, 0.29) is 6.61 Å². The zero-order chi connectivity index (χ0) is 14.5. The smallest absolute Gasteiger partial charge is 0.104 e. The molecular weight excluding hydrogens is 292 g/mol. The molecule has 5 heteroatoms. The maximum Gasteiger partial charge on any atom is 0.104 e. The first-order valence-electron chi connectivity index (χ1n) is 7.05. The van der Waals surface area contributed by atoms with Crippen molar-refractivity contribution < 1.29 is 5.11 Å². The predicted octanol–water partition coefficient (Wildman–Crippen LogP) is 2.71. The van der Waals surface area contributed by atoms with Gasteiger partial charge in [0.15, 0.2) is 0 Å². The van der Waals surface area contributed by atoms with E-state index < -0.39 is 0 Å². The minimum absolute atomic E-state index is 0.245. The van der Waals surface area contributed by atoms with Crippen molar-refractivity contribution in [2.24, 2.45) is 5.73 Å². The number of hydrogen-bond donors (Lipinski definition) is 2. The normalized spacial score (nSPS) is 20.0. The molecule has 1 heterocycles. The van der Waals surface area contributed by atoms with E-state index >= 15 is 0 Å². The van der Waals surface area contributed by atoms with E-state index in [1.807, 2.05) is 18.2 Å². The van der Waals surface area contributed by atoms with E-state index in [0.29, 0.717) is 16.1 Å². The lowest BCUT2D eigenvalue weighted by Crippen LogP contribution is -2.39. The van der Waals surface area contributed by atoms with Crippen LogP contribution in [0.25, 0.3) is 0 Å². The molecule has 0 radical (unpaired) electrons. The number of nitrogens with two attached hydrogens (primary N) is 1. The number of aliphatic hydroxyl groups excluding tert-OH is 1. The summed E-state index contributed by atoms with van der Waals surface area (Å²) >= 11 is 11.3. The van der Waals surface area contributed by atoms with E-state index in [1.54, 1.807) is 0 Å². The first-order valence-corrected chi connectivity index (χ1v) is 7.83. The number of halogens is 1. The zero-order valence-electron chi connectivity index (χ0n) is 11.5. The van der Waals surface area contributed by atoms with E-state index in [2.05, 4.69) is 4.90 Å². The second-order valence-electron chi connectivity index (χ2n) is 5.30. The number of benzene rings is 1. The second kappa shape index (κ2) is 7.36. The van der Waals surface area contributed by atoms with Gasteiger partial charge in [0.25, 0.3) is 0 Å². The van der Waals surface area contributed by atoms with Gasteiger partial charge in [0, 0.05) is 29.8 Å². The quantitative estimate of drug-likeness (QED) is 0.821. The Morgan fingerprint density at radius 1 is 1.45 bits per heavy atom. The largest absolute Gasteiger partial charge is 0.396 e. The summed E-state index contributed by atoms with van der Waals surface area (Å²) in [7, 11) is 0. The number of likely N-dealkylation sites (tertiary alicyclic amines) is 1. The number of aliphatic hydroxyl groups is 1. The molecule has 1 aliphatic rings. The highest BCUT2D eigenvalue weighted by molar-refractivity contribution is 7.80. The summed E-state index contributed by atoms with van der Waals surface area (Å²) in [5, 5.41) is 9.89. The third-order valence-corrected chi connectivity index (χ3v) is 4.51. The molecule has 3 N–H and O–H groups in total. The lowest BCUT2D eigenvalue weighted by atomic mass is 9.98. The molecule has 20 heavy (non-hydrogen) atoms. The van der Waals surface area contributed by atoms with E-state index in [9.17, 15) is 5.11 Å². The molecule has 0 amide bonds. The van der Waals surface area contributed by atoms with Crippen LogP contribution in [0.3, 0.4) is 0 Å². The van der Waals surface area contributed by atoms with Crippen molar-refractivity contribution in [2.45, 2.75) is 38.3 Å². The van der Waals surface area contributed by atoms with Crippen molar-refractivity contribution in [3.63, 3.8) is 0 Å². The SMILES string of the molecule is NC(=S)c1ccc(CN2CCCCC2CCO)c(Cl)c1. The number of piperidine rings is 1. The molecule has 0 aromatic heterocycles. The molecule has 0 aliphatic carbocycles. The topological polar surface area (TPSA) is 49.5 Å². The van der Waals surface area contributed by atoms with Gasteiger partial charge in [0.1, 0.15) is 4.99 Å². The maximum atomic E-state index is 9.17. The molecule has 1 atom stereocenters. The van der Waals surface area contributed by atoms with Crippen molar-refractivity contribution in [2.75, 3.05) is 13.2 Å². The third-order valence-electron chi connectivity index (χ3n) is 3.92. The van der Waals surface area contributed by atoms with Gasteiger partial charge in [-0.05, 0) is 37.4 Å². The Bertz CT molecular complexity index is 479. The fourth-order valence-corrected chi connectivity index (χ4v) is 3.16. The Kier molecular flexibility index (Phi) is 5.78. The number of rotatable bonds is 5. The van der Waals surface area contributed by atoms with Gasteiger partial charge >= 0.3 is 0 Å². The summed E-state index contributed by atoms with van der Waals surface area (Å²) < 4.78 is 0. The Morgan fingerprint density at radius 3 is 2.90 bits per heavy atom. The summed E-state index contributed by atoms with van der Waals surface area (Å²) in [6.07, 6.45) is 4.45. The summed E-state index contributed by atoms with van der Waals surface area (Å²) in [6.45, 7) is 2.13. The van der Waals surface area contributed by atoms with E-state index in [0.717, 1.165) is 37.1 Å². The van der Waals surface area contributed by atoms with Gasteiger partial charge in [-0.25, -0.2) is 0 Å². The van der Waals surface area contributed by atoms with Gasteiger partial charge in [-0.3, -0.25) is 4.90 Å². The molecule has 0 bridgehead atoms. The summed E-state index contributed by atoms with van der Waals surface area (Å²) in [6, 6.07) is 6.22. The highest BCUT2D eigenvalue weighted by Gasteiger charge is 2.22. The van der Waals surface area contributed by atoms with Gasteiger partial charge in [-0.2, -0.15) is 0 Å². The molecule has 1 aliphatic heterocycles. The lowest BCUT2D eigenvalue weighted by Gasteiger charge is -2.35. The molecule has 110 valence electrons. The molecule has 3 nitrogen and oxygen atoms in total. The molecule has 1 saturated heterocycles. The van der Waals surface area contributed by atoms with Crippen LogP contribution in [0.15, 0.2) is 18.2 Å². The fourth-order valence-electron chi connectivity index (χ4n) is 2.79. The summed E-state index contributed by atoms with van der Waals surface area (Å²) in [5.41, 5.74) is 7.51. The van der Waals surface area contributed by atoms with Gasteiger partial charge in [0.05, 0.1) is 0 Å². The maximum absolute atomic E-state index is 9.17. The van der Waals surface area contributed by atoms with Crippen LogP contribution in [-0.4, -0.2) is 34.2 Å². The molecule has 1 aromatic rings. The van der Waals surface area contributed by atoms with Crippen molar-refractivity contribution in [3.05, 3.63) is 34.3 Å². The molecule has 1 aromatic carbocycles. The van der Waals surface area contributed by atoms with Crippen LogP contribution in [-0.2, 0) is 6.54 Å². The summed E-state index contributed by atoms with van der Waals surface area (Å²) in [5.74, 6) is 0. The molecule has 1 fully saturated rings. The fraction of sp³-hybridized carbons (Fsp3) is 0.533. The second-order valence-corrected chi connectivity index (χ2v) is 6.15. The van der Waals surface area contributed by atoms with Crippen LogP contribution in [0.1, 0.15) is 36.8 Å². The van der Waals surface area contributed by atoms with Gasteiger partial charge in [-0.1, -0.05) is 42.4 Å². The predicted molar refractivity (Wildman–Crippen MR) is 87.1 cm³/mol. The van der Waals surface area contributed by atoms with Crippen molar-refractivity contribution in [3.8, 4) is 0 Å².